The van der Waals surface area contributed by atoms with Crippen LogP contribution >= 0.6 is 0 Å². The SMILES string of the molecule is COCCCOC1CN(c2nc(C)cc(C#N)n2)C1. The predicted octanol–water partition coefficient (Wildman–Crippen LogP) is 0.898. The molecule has 1 aliphatic heterocycles. The lowest BCUT2D eigenvalue weighted by Crippen LogP contribution is -2.53. The fraction of sp³-hybridized carbons (Fsp3) is 0.615. The second-order valence-corrected chi connectivity index (χ2v) is 4.55. The van der Waals surface area contributed by atoms with Gasteiger partial charge >= 0.3 is 0 Å². The Morgan fingerprint density at radius 3 is 2.89 bits per heavy atom. The molecule has 2 heterocycles. The fourth-order valence-corrected chi connectivity index (χ4v) is 1.91. The molecule has 102 valence electrons. The van der Waals surface area contributed by atoms with Crippen LogP contribution in [0.25, 0.3) is 0 Å². The number of hydrogen-bond acceptors (Lipinski definition) is 6. The van der Waals surface area contributed by atoms with Crippen molar-refractivity contribution in [2.24, 2.45) is 0 Å². The summed E-state index contributed by atoms with van der Waals surface area (Å²) in [6, 6.07) is 3.73. The van der Waals surface area contributed by atoms with E-state index in [1.165, 1.54) is 0 Å². The summed E-state index contributed by atoms with van der Waals surface area (Å²) in [5.74, 6) is 0.619. The quantitative estimate of drug-likeness (QED) is 0.709. The van der Waals surface area contributed by atoms with E-state index in [1.807, 2.05) is 17.9 Å². The number of methoxy groups -OCH3 is 1. The third kappa shape index (κ3) is 3.63. The average molecular weight is 262 g/mol. The third-order valence-corrected chi connectivity index (χ3v) is 2.93. The van der Waals surface area contributed by atoms with Crippen molar-refractivity contribution in [1.29, 1.82) is 5.26 Å². The van der Waals surface area contributed by atoms with Crippen molar-refractivity contribution in [3.8, 4) is 6.07 Å². The van der Waals surface area contributed by atoms with Crippen LogP contribution in [0.2, 0.25) is 0 Å². The molecule has 1 fully saturated rings. The molecule has 19 heavy (non-hydrogen) atoms. The van der Waals surface area contributed by atoms with E-state index in [2.05, 4.69) is 9.97 Å². The van der Waals surface area contributed by atoms with Crippen LogP contribution in [0, 0.1) is 18.3 Å². The van der Waals surface area contributed by atoms with E-state index >= 15 is 0 Å². The van der Waals surface area contributed by atoms with Gasteiger partial charge in [0.1, 0.15) is 11.8 Å². The predicted molar refractivity (Wildman–Crippen MR) is 69.9 cm³/mol. The molecule has 6 heteroatoms. The Balaban J connectivity index is 1.80. The molecule has 0 aromatic carbocycles. The summed E-state index contributed by atoms with van der Waals surface area (Å²) < 4.78 is 10.6. The molecule has 1 aromatic heterocycles. The van der Waals surface area contributed by atoms with E-state index < -0.39 is 0 Å². The van der Waals surface area contributed by atoms with Crippen LogP contribution < -0.4 is 4.90 Å². The van der Waals surface area contributed by atoms with Crippen LogP contribution in [0.15, 0.2) is 6.07 Å². The molecule has 1 aromatic rings. The zero-order chi connectivity index (χ0) is 13.7. The summed E-state index contributed by atoms with van der Waals surface area (Å²) in [6.07, 6.45) is 1.14. The third-order valence-electron chi connectivity index (χ3n) is 2.93. The van der Waals surface area contributed by atoms with Crippen LogP contribution in [-0.4, -0.2) is 49.5 Å². The van der Waals surface area contributed by atoms with Gasteiger partial charge in [0.05, 0.1) is 6.10 Å². The largest absolute Gasteiger partial charge is 0.385 e. The fourth-order valence-electron chi connectivity index (χ4n) is 1.91. The molecule has 1 saturated heterocycles. The zero-order valence-corrected chi connectivity index (χ0v) is 11.3. The highest BCUT2D eigenvalue weighted by Crippen LogP contribution is 2.19. The van der Waals surface area contributed by atoms with E-state index in [0.29, 0.717) is 18.2 Å². The summed E-state index contributed by atoms with van der Waals surface area (Å²) >= 11 is 0. The molecule has 0 N–H and O–H groups in total. The van der Waals surface area contributed by atoms with Crippen molar-refractivity contribution in [2.45, 2.75) is 19.4 Å². The highest BCUT2D eigenvalue weighted by Gasteiger charge is 2.29. The maximum atomic E-state index is 8.88. The monoisotopic (exact) mass is 262 g/mol. The number of aromatic nitrogens is 2. The lowest BCUT2D eigenvalue weighted by molar-refractivity contribution is 0.0227. The van der Waals surface area contributed by atoms with E-state index in [1.54, 1.807) is 13.2 Å². The summed E-state index contributed by atoms with van der Waals surface area (Å²) in [5, 5.41) is 8.88. The Labute approximate surface area is 113 Å². The first-order valence-electron chi connectivity index (χ1n) is 6.34. The Morgan fingerprint density at radius 1 is 1.42 bits per heavy atom. The summed E-state index contributed by atoms with van der Waals surface area (Å²) in [4.78, 5) is 10.6. The van der Waals surface area contributed by atoms with Gasteiger partial charge in [-0.15, -0.1) is 0 Å². The van der Waals surface area contributed by atoms with Gasteiger partial charge in [-0.25, -0.2) is 9.97 Å². The molecule has 0 aliphatic carbocycles. The molecular formula is C13H18N4O2. The van der Waals surface area contributed by atoms with Gasteiger partial charge in [0.2, 0.25) is 5.95 Å². The summed E-state index contributed by atoms with van der Waals surface area (Å²) in [5.41, 5.74) is 1.22. The first-order chi connectivity index (χ1) is 9.22. The summed E-state index contributed by atoms with van der Waals surface area (Å²) in [7, 11) is 1.69. The van der Waals surface area contributed by atoms with E-state index in [9.17, 15) is 0 Å². The topological polar surface area (TPSA) is 71.3 Å². The molecule has 2 rings (SSSR count). The van der Waals surface area contributed by atoms with Gasteiger partial charge in [-0.3, -0.25) is 0 Å². The van der Waals surface area contributed by atoms with Gasteiger partial charge in [-0.2, -0.15) is 5.26 Å². The van der Waals surface area contributed by atoms with Gasteiger partial charge in [0.25, 0.3) is 0 Å². The lowest BCUT2D eigenvalue weighted by Gasteiger charge is -2.38. The van der Waals surface area contributed by atoms with Gasteiger partial charge in [0.15, 0.2) is 0 Å². The van der Waals surface area contributed by atoms with E-state index in [-0.39, 0.29) is 6.10 Å². The van der Waals surface area contributed by atoms with Crippen LogP contribution in [0.3, 0.4) is 0 Å². The first kappa shape index (κ1) is 13.7. The molecule has 0 atom stereocenters. The lowest BCUT2D eigenvalue weighted by atomic mass is 10.2. The van der Waals surface area contributed by atoms with Crippen molar-refractivity contribution in [3.63, 3.8) is 0 Å². The molecule has 0 amide bonds. The molecule has 0 bridgehead atoms. The van der Waals surface area contributed by atoms with Gasteiger partial charge in [0, 0.05) is 39.1 Å². The molecule has 0 unspecified atom stereocenters. The highest BCUT2D eigenvalue weighted by atomic mass is 16.5. The van der Waals surface area contributed by atoms with Crippen LogP contribution in [0.1, 0.15) is 17.8 Å². The van der Waals surface area contributed by atoms with Crippen molar-refractivity contribution < 1.29 is 9.47 Å². The number of hydrogen-bond donors (Lipinski definition) is 0. The van der Waals surface area contributed by atoms with Crippen molar-refractivity contribution in [3.05, 3.63) is 17.5 Å². The minimum Gasteiger partial charge on any atom is -0.385 e. The number of aryl methyl sites for hydroxylation is 1. The second kappa shape index (κ2) is 6.45. The van der Waals surface area contributed by atoms with E-state index in [4.69, 9.17) is 14.7 Å². The van der Waals surface area contributed by atoms with Crippen molar-refractivity contribution in [1.82, 2.24) is 9.97 Å². The number of anilines is 1. The van der Waals surface area contributed by atoms with Crippen molar-refractivity contribution in [2.75, 3.05) is 38.3 Å². The molecule has 0 radical (unpaired) electrons. The number of ether oxygens (including phenoxy) is 2. The van der Waals surface area contributed by atoms with Crippen molar-refractivity contribution >= 4 is 5.95 Å². The van der Waals surface area contributed by atoms with E-state index in [0.717, 1.165) is 31.8 Å². The zero-order valence-electron chi connectivity index (χ0n) is 11.3. The second-order valence-electron chi connectivity index (χ2n) is 4.55. The molecular weight excluding hydrogens is 244 g/mol. The smallest absolute Gasteiger partial charge is 0.226 e. The number of nitriles is 1. The minimum absolute atomic E-state index is 0.228. The Bertz CT molecular complexity index is 466. The molecule has 0 saturated carbocycles. The van der Waals surface area contributed by atoms with Crippen LogP contribution in [0.4, 0.5) is 5.95 Å². The van der Waals surface area contributed by atoms with Crippen LogP contribution in [-0.2, 0) is 9.47 Å². The van der Waals surface area contributed by atoms with Crippen LogP contribution in [0.5, 0.6) is 0 Å². The Hall–Kier alpha value is -1.71. The maximum Gasteiger partial charge on any atom is 0.226 e. The molecule has 1 aliphatic rings. The van der Waals surface area contributed by atoms with Gasteiger partial charge in [-0.1, -0.05) is 0 Å². The normalized spacial score (nSPS) is 15.1. The van der Waals surface area contributed by atoms with Gasteiger partial charge in [-0.05, 0) is 19.4 Å². The Kier molecular flexibility index (Phi) is 4.66. The summed E-state index contributed by atoms with van der Waals surface area (Å²) in [6.45, 7) is 4.86. The molecule has 0 spiro atoms. The first-order valence-corrected chi connectivity index (χ1v) is 6.34. The number of rotatable bonds is 6. The van der Waals surface area contributed by atoms with Gasteiger partial charge < -0.3 is 14.4 Å². The highest BCUT2D eigenvalue weighted by molar-refractivity contribution is 5.39. The standard InChI is InChI=1S/C13H18N4O2/c1-10-6-11(7-14)16-13(15-10)17-8-12(9-17)19-5-3-4-18-2/h6,12H,3-5,8-9H2,1-2H3. The Morgan fingerprint density at radius 2 is 2.21 bits per heavy atom. The number of nitrogens with zero attached hydrogens (tertiary/aromatic N) is 4. The minimum atomic E-state index is 0.228. The maximum absolute atomic E-state index is 8.88. The average Bonchev–Trinajstić information content (AvgIpc) is 2.35. The molecule has 6 nitrogen and oxygen atoms in total.